The molecule has 1 aromatic carbocycles. The smallest absolute Gasteiger partial charge is 0.240 e. The van der Waals surface area contributed by atoms with Gasteiger partial charge in [-0.25, -0.2) is 13.1 Å². The van der Waals surface area contributed by atoms with Crippen molar-refractivity contribution in [3.05, 3.63) is 18.2 Å². The first-order chi connectivity index (χ1) is 8.69. The summed E-state index contributed by atoms with van der Waals surface area (Å²) in [5.74, 6) is 0.831. The Labute approximate surface area is 126 Å². The molecule has 1 aromatic rings. The number of hydrogen-bond acceptors (Lipinski definition) is 5. The third-order valence-electron chi connectivity index (χ3n) is 2.38. The number of ether oxygens (including phenoxy) is 2. The summed E-state index contributed by atoms with van der Waals surface area (Å²) in [5.41, 5.74) is 5.13. The van der Waals surface area contributed by atoms with Gasteiger partial charge in [-0.3, -0.25) is 0 Å². The fourth-order valence-corrected chi connectivity index (χ4v) is 2.59. The molecule has 0 fully saturated rings. The SMILES string of the molecule is COc1ccc(S(=O)(=O)NCC(C)(C)N)cc1OC.Cl. The Hall–Kier alpha value is -1.02. The highest BCUT2D eigenvalue weighted by atomic mass is 35.5. The molecule has 0 saturated carbocycles. The molecule has 0 aliphatic rings. The van der Waals surface area contributed by atoms with Gasteiger partial charge in [-0.05, 0) is 26.0 Å². The fourth-order valence-electron chi connectivity index (χ4n) is 1.35. The molecular weight excluding hydrogens is 304 g/mol. The predicted octanol–water partition coefficient (Wildman–Crippen LogP) is 1.14. The Balaban J connectivity index is 0.00000361. The largest absolute Gasteiger partial charge is 0.493 e. The van der Waals surface area contributed by atoms with E-state index in [0.29, 0.717) is 11.5 Å². The molecule has 0 atom stereocenters. The number of methoxy groups -OCH3 is 2. The van der Waals surface area contributed by atoms with Gasteiger partial charge in [0.05, 0.1) is 19.1 Å². The topological polar surface area (TPSA) is 90.7 Å². The van der Waals surface area contributed by atoms with Crippen molar-refractivity contribution in [1.82, 2.24) is 4.72 Å². The van der Waals surface area contributed by atoms with Crippen LogP contribution < -0.4 is 19.9 Å². The number of nitrogens with one attached hydrogen (secondary N) is 1. The maximum atomic E-state index is 12.1. The number of benzene rings is 1. The van der Waals surface area contributed by atoms with Crippen molar-refractivity contribution in [2.75, 3.05) is 20.8 Å². The van der Waals surface area contributed by atoms with Gasteiger partial charge in [-0.15, -0.1) is 12.4 Å². The van der Waals surface area contributed by atoms with Crippen molar-refractivity contribution in [3.8, 4) is 11.5 Å². The van der Waals surface area contributed by atoms with Crippen LogP contribution in [0.2, 0.25) is 0 Å². The van der Waals surface area contributed by atoms with Crippen molar-refractivity contribution in [2.24, 2.45) is 5.73 Å². The van der Waals surface area contributed by atoms with Gasteiger partial charge >= 0.3 is 0 Å². The third-order valence-corrected chi connectivity index (χ3v) is 3.78. The van der Waals surface area contributed by atoms with E-state index in [0.717, 1.165) is 0 Å². The quantitative estimate of drug-likeness (QED) is 0.819. The summed E-state index contributed by atoms with van der Waals surface area (Å²) < 4.78 is 36.8. The van der Waals surface area contributed by atoms with Crippen LogP contribution >= 0.6 is 12.4 Å². The summed E-state index contributed by atoms with van der Waals surface area (Å²) in [7, 11) is -0.680. The second kappa shape index (κ2) is 7.12. The first kappa shape index (κ1) is 19.0. The van der Waals surface area contributed by atoms with Crippen molar-refractivity contribution in [2.45, 2.75) is 24.3 Å². The number of sulfonamides is 1. The molecule has 0 radical (unpaired) electrons. The molecule has 0 aliphatic carbocycles. The normalized spacial score (nSPS) is 11.7. The Morgan fingerprint density at radius 3 is 2.20 bits per heavy atom. The fraction of sp³-hybridized carbons (Fsp3) is 0.500. The van der Waals surface area contributed by atoms with E-state index in [2.05, 4.69) is 4.72 Å². The summed E-state index contributed by atoms with van der Waals surface area (Å²) in [6, 6.07) is 4.40. The van der Waals surface area contributed by atoms with Crippen LogP contribution in [0.1, 0.15) is 13.8 Å². The molecule has 0 aromatic heterocycles. The van der Waals surface area contributed by atoms with E-state index < -0.39 is 15.6 Å². The van der Waals surface area contributed by atoms with Crippen LogP contribution in [0.5, 0.6) is 11.5 Å². The number of nitrogens with two attached hydrogens (primary N) is 1. The molecule has 0 heterocycles. The number of hydrogen-bond donors (Lipinski definition) is 2. The van der Waals surface area contributed by atoms with Crippen molar-refractivity contribution < 1.29 is 17.9 Å². The molecule has 0 amide bonds. The Bertz CT molecular complexity index is 541. The predicted molar refractivity (Wildman–Crippen MR) is 80.2 cm³/mol. The van der Waals surface area contributed by atoms with E-state index in [1.165, 1.54) is 26.4 Å². The van der Waals surface area contributed by atoms with Crippen LogP contribution in [0.4, 0.5) is 0 Å². The average Bonchev–Trinajstić information content (AvgIpc) is 2.35. The highest BCUT2D eigenvalue weighted by Gasteiger charge is 2.20. The Morgan fingerprint density at radius 1 is 1.20 bits per heavy atom. The summed E-state index contributed by atoms with van der Waals surface area (Å²) >= 11 is 0. The van der Waals surface area contributed by atoms with E-state index in [1.807, 2.05) is 0 Å². The Morgan fingerprint density at radius 2 is 1.75 bits per heavy atom. The van der Waals surface area contributed by atoms with Crippen LogP contribution in [0.15, 0.2) is 23.1 Å². The zero-order valence-electron chi connectivity index (χ0n) is 12.0. The summed E-state index contributed by atoms with van der Waals surface area (Å²) in [6.07, 6.45) is 0. The van der Waals surface area contributed by atoms with Crippen molar-refractivity contribution in [3.63, 3.8) is 0 Å². The second-order valence-corrected chi connectivity index (χ2v) is 6.60. The molecule has 0 saturated heterocycles. The van der Waals surface area contributed by atoms with Crippen molar-refractivity contribution >= 4 is 22.4 Å². The first-order valence-corrected chi connectivity index (χ1v) is 7.18. The van der Waals surface area contributed by atoms with Crippen LogP contribution in [0.25, 0.3) is 0 Å². The van der Waals surface area contributed by atoms with Gasteiger partial charge in [0.1, 0.15) is 0 Å². The van der Waals surface area contributed by atoms with E-state index in [9.17, 15) is 8.42 Å². The first-order valence-electron chi connectivity index (χ1n) is 5.70. The van der Waals surface area contributed by atoms with Gasteiger partial charge in [0.15, 0.2) is 11.5 Å². The van der Waals surface area contributed by atoms with Gasteiger partial charge in [-0.1, -0.05) is 0 Å². The molecule has 0 aliphatic heterocycles. The van der Waals surface area contributed by atoms with Crippen molar-refractivity contribution in [1.29, 1.82) is 0 Å². The number of rotatable bonds is 6. The monoisotopic (exact) mass is 324 g/mol. The average molecular weight is 325 g/mol. The lowest BCUT2D eigenvalue weighted by Crippen LogP contribution is -2.45. The molecule has 6 nitrogen and oxygen atoms in total. The lowest BCUT2D eigenvalue weighted by atomic mass is 10.1. The van der Waals surface area contributed by atoms with E-state index in [4.69, 9.17) is 15.2 Å². The third kappa shape index (κ3) is 5.16. The highest BCUT2D eigenvalue weighted by Crippen LogP contribution is 2.29. The van der Waals surface area contributed by atoms with E-state index >= 15 is 0 Å². The summed E-state index contributed by atoms with van der Waals surface area (Å²) in [6.45, 7) is 3.62. The minimum atomic E-state index is -3.62. The van der Waals surface area contributed by atoms with Gasteiger partial charge in [0, 0.05) is 18.2 Å². The van der Waals surface area contributed by atoms with Gasteiger partial charge in [-0.2, -0.15) is 0 Å². The highest BCUT2D eigenvalue weighted by molar-refractivity contribution is 7.89. The molecular formula is C12H21ClN2O4S. The number of halogens is 1. The molecule has 8 heteroatoms. The lowest BCUT2D eigenvalue weighted by Gasteiger charge is -2.19. The molecule has 0 spiro atoms. The molecule has 1 rings (SSSR count). The lowest BCUT2D eigenvalue weighted by molar-refractivity contribution is 0.354. The summed E-state index contributed by atoms with van der Waals surface area (Å²) in [4.78, 5) is 0.106. The standard InChI is InChI=1S/C12H20N2O4S.ClH/c1-12(2,13)8-14-19(15,16)9-5-6-10(17-3)11(7-9)18-4;/h5-7,14H,8,13H2,1-4H3;1H. The van der Waals surface area contributed by atoms with Gasteiger partial charge in [0.2, 0.25) is 10.0 Å². The zero-order valence-corrected chi connectivity index (χ0v) is 13.6. The van der Waals surface area contributed by atoms with E-state index in [1.54, 1.807) is 19.9 Å². The van der Waals surface area contributed by atoms with Crippen LogP contribution in [0, 0.1) is 0 Å². The maximum Gasteiger partial charge on any atom is 0.240 e. The molecule has 20 heavy (non-hydrogen) atoms. The minimum absolute atomic E-state index is 0. The molecule has 0 bridgehead atoms. The minimum Gasteiger partial charge on any atom is -0.493 e. The van der Waals surface area contributed by atoms with E-state index in [-0.39, 0.29) is 23.8 Å². The molecule has 0 unspecified atom stereocenters. The Kier molecular flexibility index (Phi) is 6.76. The maximum absolute atomic E-state index is 12.1. The van der Waals surface area contributed by atoms with Crippen LogP contribution in [-0.4, -0.2) is 34.7 Å². The zero-order chi connectivity index (χ0) is 14.7. The van der Waals surface area contributed by atoms with Gasteiger partial charge in [0.25, 0.3) is 0 Å². The van der Waals surface area contributed by atoms with Crippen LogP contribution in [-0.2, 0) is 10.0 Å². The van der Waals surface area contributed by atoms with Gasteiger partial charge < -0.3 is 15.2 Å². The molecule has 116 valence electrons. The second-order valence-electron chi connectivity index (χ2n) is 4.83. The summed E-state index contributed by atoms with van der Waals surface area (Å²) in [5, 5.41) is 0. The molecule has 3 N–H and O–H groups in total. The van der Waals surface area contributed by atoms with Crippen LogP contribution in [0.3, 0.4) is 0 Å².